The number of fused-ring (bicyclic) bond motifs is 1. The van der Waals surface area contributed by atoms with Crippen molar-refractivity contribution in [2.45, 2.75) is 44.2 Å². The Kier molecular flexibility index (Phi) is 6.52. The number of nitrogens with one attached hydrogen (secondary N) is 1. The fourth-order valence-electron chi connectivity index (χ4n) is 2.41. The van der Waals surface area contributed by atoms with Gasteiger partial charge in [-0.2, -0.15) is 0 Å². The van der Waals surface area contributed by atoms with Gasteiger partial charge in [0, 0.05) is 10.6 Å². The number of benzene rings is 1. The van der Waals surface area contributed by atoms with Gasteiger partial charge in [-0.3, -0.25) is 14.5 Å². The molecule has 0 saturated carbocycles. The van der Waals surface area contributed by atoms with E-state index in [9.17, 15) is 14.4 Å². The number of thioether (sulfide) groups is 1. The molecular formula is C18H24N2O5S. The normalized spacial score (nSPS) is 17.2. The third-order valence-electron chi connectivity index (χ3n) is 3.41. The van der Waals surface area contributed by atoms with Gasteiger partial charge in [0.2, 0.25) is 0 Å². The molecule has 1 aromatic rings. The van der Waals surface area contributed by atoms with E-state index in [1.165, 1.54) is 16.7 Å². The molecule has 1 aromatic carbocycles. The zero-order valence-corrected chi connectivity index (χ0v) is 16.2. The molecule has 0 fully saturated rings. The third-order valence-corrected chi connectivity index (χ3v) is 4.57. The molecule has 0 aliphatic carbocycles. The number of anilines is 1. The molecule has 0 aromatic heterocycles. The standard InChI is InChI=1S/C18H24N2O5S/c1-5-24-15(21)10-20-13-8-6-7-9-14(13)26-11-12(16(20)22)19-17(23)25-18(2,3)4/h6-9,12H,5,10-11H2,1-4H3,(H,19,23)/t12-/m1/s1. The van der Waals surface area contributed by atoms with E-state index < -0.39 is 23.7 Å². The molecular weight excluding hydrogens is 356 g/mol. The van der Waals surface area contributed by atoms with Crippen LogP contribution in [-0.4, -0.2) is 48.5 Å². The van der Waals surface area contributed by atoms with Gasteiger partial charge in [-0.15, -0.1) is 11.8 Å². The summed E-state index contributed by atoms with van der Waals surface area (Å²) < 4.78 is 10.2. The molecule has 0 unspecified atom stereocenters. The number of hydrogen-bond donors (Lipinski definition) is 1. The Balaban J connectivity index is 2.23. The number of carbonyl (C=O) groups is 3. The van der Waals surface area contributed by atoms with Crippen LogP contribution in [0.2, 0.25) is 0 Å². The Morgan fingerprint density at radius 1 is 1.31 bits per heavy atom. The van der Waals surface area contributed by atoms with Crippen molar-refractivity contribution in [2.24, 2.45) is 0 Å². The van der Waals surface area contributed by atoms with Crippen molar-refractivity contribution >= 4 is 35.4 Å². The lowest BCUT2D eigenvalue weighted by Gasteiger charge is -2.26. The van der Waals surface area contributed by atoms with Crippen LogP contribution in [0.25, 0.3) is 0 Å². The van der Waals surface area contributed by atoms with E-state index in [2.05, 4.69) is 5.32 Å². The van der Waals surface area contributed by atoms with Gasteiger partial charge in [0.05, 0.1) is 12.3 Å². The fraction of sp³-hybridized carbons (Fsp3) is 0.500. The Morgan fingerprint density at radius 2 is 2.00 bits per heavy atom. The minimum absolute atomic E-state index is 0.212. The lowest BCUT2D eigenvalue weighted by atomic mass is 10.2. The van der Waals surface area contributed by atoms with Crippen LogP contribution in [0.15, 0.2) is 29.2 Å². The maximum Gasteiger partial charge on any atom is 0.408 e. The van der Waals surface area contributed by atoms with Crippen LogP contribution in [0.5, 0.6) is 0 Å². The van der Waals surface area contributed by atoms with Crippen molar-refractivity contribution in [3.8, 4) is 0 Å². The molecule has 142 valence electrons. The molecule has 1 heterocycles. The van der Waals surface area contributed by atoms with E-state index in [0.717, 1.165) is 4.90 Å². The molecule has 7 nitrogen and oxygen atoms in total. The van der Waals surface area contributed by atoms with Crippen LogP contribution >= 0.6 is 11.8 Å². The highest BCUT2D eigenvalue weighted by atomic mass is 32.2. The van der Waals surface area contributed by atoms with Crippen molar-refractivity contribution in [2.75, 3.05) is 23.8 Å². The summed E-state index contributed by atoms with van der Waals surface area (Å²) in [6.07, 6.45) is -0.668. The number of alkyl carbamates (subject to hydrolysis) is 1. The van der Waals surface area contributed by atoms with Crippen LogP contribution in [0.1, 0.15) is 27.7 Å². The van der Waals surface area contributed by atoms with Crippen molar-refractivity contribution in [1.82, 2.24) is 5.32 Å². The molecule has 0 saturated heterocycles. The van der Waals surface area contributed by atoms with Crippen LogP contribution in [0.3, 0.4) is 0 Å². The van der Waals surface area contributed by atoms with E-state index in [1.54, 1.807) is 39.8 Å². The summed E-state index contributed by atoms with van der Waals surface area (Å²) in [5, 5.41) is 2.61. The van der Waals surface area contributed by atoms with Crippen molar-refractivity contribution in [3.63, 3.8) is 0 Å². The third kappa shape index (κ3) is 5.39. The van der Waals surface area contributed by atoms with Gasteiger partial charge in [0.15, 0.2) is 0 Å². The number of hydrogen-bond acceptors (Lipinski definition) is 6. The highest BCUT2D eigenvalue weighted by Gasteiger charge is 2.34. The SMILES string of the molecule is CCOC(=O)CN1C(=O)[C@H](NC(=O)OC(C)(C)C)CSc2ccccc21. The number of para-hydroxylation sites is 1. The first-order valence-corrected chi connectivity index (χ1v) is 9.38. The van der Waals surface area contributed by atoms with Crippen molar-refractivity contribution in [3.05, 3.63) is 24.3 Å². The molecule has 8 heteroatoms. The molecule has 26 heavy (non-hydrogen) atoms. The Hall–Kier alpha value is -2.22. The van der Waals surface area contributed by atoms with E-state index in [0.29, 0.717) is 11.4 Å². The molecule has 0 radical (unpaired) electrons. The first-order chi connectivity index (χ1) is 12.2. The highest BCUT2D eigenvalue weighted by molar-refractivity contribution is 7.99. The van der Waals surface area contributed by atoms with E-state index in [-0.39, 0.29) is 19.1 Å². The molecule has 1 atom stereocenters. The van der Waals surface area contributed by atoms with Crippen LogP contribution < -0.4 is 10.2 Å². The van der Waals surface area contributed by atoms with Gasteiger partial charge in [0.25, 0.3) is 5.91 Å². The molecule has 0 spiro atoms. The minimum Gasteiger partial charge on any atom is -0.465 e. The summed E-state index contributed by atoms with van der Waals surface area (Å²) in [5.41, 5.74) is -0.0393. The number of rotatable bonds is 4. The molecule has 2 rings (SSSR count). The first kappa shape index (κ1) is 20.1. The second-order valence-corrected chi connectivity index (χ2v) is 7.77. The highest BCUT2D eigenvalue weighted by Crippen LogP contribution is 2.34. The predicted octanol–water partition coefficient (Wildman–Crippen LogP) is 2.58. The quantitative estimate of drug-likeness (QED) is 0.808. The van der Waals surface area contributed by atoms with E-state index in [4.69, 9.17) is 9.47 Å². The average molecular weight is 380 g/mol. The summed E-state index contributed by atoms with van der Waals surface area (Å²) in [4.78, 5) is 39.2. The van der Waals surface area contributed by atoms with Crippen LogP contribution in [0.4, 0.5) is 10.5 Å². The average Bonchev–Trinajstić information content (AvgIpc) is 2.66. The Labute approximate surface area is 157 Å². The monoisotopic (exact) mass is 380 g/mol. The molecule has 2 amide bonds. The zero-order valence-electron chi connectivity index (χ0n) is 15.4. The maximum atomic E-state index is 13.0. The lowest BCUT2D eigenvalue weighted by Crippen LogP contribution is -2.51. The summed E-state index contributed by atoms with van der Waals surface area (Å²) >= 11 is 1.44. The molecule has 1 aliphatic heterocycles. The number of esters is 1. The summed E-state index contributed by atoms with van der Waals surface area (Å²) in [6, 6.07) is 6.50. The first-order valence-electron chi connectivity index (χ1n) is 8.39. The molecule has 1 N–H and O–H groups in total. The fourth-order valence-corrected chi connectivity index (χ4v) is 3.48. The topological polar surface area (TPSA) is 84.9 Å². The number of nitrogens with zero attached hydrogens (tertiary/aromatic N) is 1. The summed E-state index contributed by atoms with van der Waals surface area (Å²) in [6.45, 7) is 6.98. The second kappa shape index (κ2) is 8.44. The number of ether oxygens (including phenoxy) is 2. The van der Waals surface area contributed by atoms with Crippen molar-refractivity contribution in [1.29, 1.82) is 0 Å². The van der Waals surface area contributed by atoms with Crippen molar-refractivity contribution < 1.29 is 23.9 Å². The van der Waals surface area contributed by atoms with Gasteiger partial charge in [0.1, 0.15) is 18.2 Å². The zero-order chi connectivity index (χ0) is 19.3. The van der Waals surface area contributed by atoms with E-state index in [1.807, 2.05) is 12.1 Å². The number of carbonyl (C=O) groups excluding carboxylic acids is 3. The van der Waals surface area contributed by atoms with Crippen LogP contribution in [0, 0.1) is 0 Å². The van der Waals surface area contributed by atoms with Gasteiger partial charge >= 0.3 is 12.1 Å². The second-order valence-electron chi connectivity index (χ2n) is 6.71. The number of amides is 2. The van der Waals surface area contributed by atoms with Gasteiger partial charge in [-0.05, 0) is 39.8 Å². The smallest absolute Gasteiger partial charge is 0.408 e. The predicted molar refractivity (Wildman–Crippen MR) is 99.3 cm³/mol. The maximum absolute atomic E-state index is 13.0. The molecule has 0 bridgehead atoms. The summed E-state index contributed by atoms with van der Waals surface area (Å²) in [5.74, 6) is -0.533. The minimum atomic E-state index is -0.809. The van der Waals surface area contributed by atoms with Gasteiger partial charge in [-0.25, -0.2) is 4.79 Å². The van der Waals surface area contributed by atoms with Gasteiger partial charge < -0.3 is 14.8 Å². The summed E-state index contributed by atoms with van der Waals surface area (Å²) in [7, 11) is 0. The van der Waals surface area contributed by atoms with Gasteiger partial charge in [-0.1, -0.05) is 12.1 Å². The Bertz CT molecular complexity index is 686. The van der Waals surface area contributed by atoms with E-state index >= 15 is 0 Å². The Morgan fingerprint density at radius 3 is 2.65 bits per heavy atom. The lowest BCUT2D eigenvalue weighted by molar-refractivity contribution is -0.142. The largest absolute Gasteiger partial charge is 0.465 e. The van der Waals surface area contributed by atoms with Crippen LogP contribution in [-0.2, 0) is 19.1 Å². The molecule has 1 aliphatic rings.